The van der Waals surface area contributed by atoms with Crippen molar-refractivity contribution in [2.75, 3.05) is 33.5 Å². The fraction of sp³-hybridized carbons (Fsp3) is 0.379. The lowest BCUT2D eigenvalue weighted by Gasteiger charge is -2.16. The molecule has 2 aromatic rings. The largest absolute Gasteiger partial charge is 0.513 e. The molecule has 0 amide bonds. The number of unbranched alkanes of at least 4 members (excludes halogenated alkanes) is 1. The van der Waals surface area contributed by atoms with Crippen LogP contribution in [0.4, 0.5) is 4.79 Å². The number of ether oxygens (including phenoxy) is 8. The average molecular weight is 571 g/mol. The normalized spacial score (nSPS) is 20.9. The molecule has 0 N–H and O–H groups in total. The van der Waals surface area contributed by atoms with Crippen LogP contribution in [0.3, 0.4) is 0 Å². The van der Waals surface area contributed by atoms with Gasteiger partial charge in [-0.15, -0.1) is 0 Å². The molecule has 2 aliphatic rings. The molecule has 218 valence electrons. The third kappa shape index (κ3) is 8.13. The number of methoxy groups -OCH3 is 1. The number of rotatable bonds is 12. The van der Waals surface area contributed by atoms with Crippen molar-refractivity contribution < 1.29 is 57.1 Å². The van der Waals surface area contributed by atoms with Crippen molar-refractivity contribution in [3.63, 3.8) is 0 Å². The SMILES string of the molecule is C=CC(=O)OCCCCOC(=O)Oc1ccc(C(=O)Oc2ccc(C(=O)O[C@H]3COC4C3OC[C@@H]4OC)cc2)cc1. The van der Waals surface area contributed by atoms with Crippen LogP contribution in [0.15, 0.2) is 61.2 Å². The maximum Gasteiger partial charge on any atom is 0.513 e. The second-order valence-corrected chi connectivity index (χ2v) is 9.03. The molecule has 0 aromatic heterocycles. The third-order valence-electron chi connectivity index (χ3n) is 6.29. The lowest BCUT2D eigenvalue weighted by molar-refractivity contribution is -0.137. The van der Waals surface area contributed by atoms with E-state index >= 15 is 0 Å². The van der Waals surface area contributed by atoms with E-state index in [4.69, 9.17) is 37.9 Å². The summed E-state index contributed by atoms with van der Waals surface area (Å²) in [5, 5.41) is 0. The molecule has 2 saturated heterocycles. The van der Waals surface area contributed by atoms with Crippen molar-refractivity contribution in [1.29, 1.82) is 0 Å². The molecule has 12 heteroatoms. The lowest BCUT2D eigenvalue weighted by Crippen LogP contribution is -2.34. The topological polar surface area (TPSA) is 142 Å². The van der Waals surface area contributed by atoms with Gasteiger partial charge in [0.05, 0.1) is 37.6 Å². The number of esters is 3. The Morgan fingerprint density at radius 3 is 1.93 bits per heavy atom. The number of hydrogen-bond acceptors (Lipinski definition) is 12. The molecular weight excluding hydrogens is 540 g/mol. The van der Waals surface area contributed by atoms with E-state index in [9.17, 15) is 19.2 Å². The van der Waals surface area contributed by atoms with Crippen LogP contribution in [-0.2, 0) is 33.2 Å². The molecule has 0 saturated carbocycles. The minimum Gasteiger partial charge on any atom is -0.463 e. The molecule has 0 spiro atoms. The van der Waals surface area contributed by atoms with Gasteiger partial charge in [-0.3, -0.25) is 0 Å². The second kappa shape index (κ2) is 14.4. The van der Waals surface area contributed by atoms with Crippen molar-refractivity contribution in [3.8, 4) is 11.5 Å². The van der Waals surface area contributed by atoms with Crippen molar-refractivity contribution >= 4 is 24.1 Å². The van der Waals surface area contributed by atoms with Gasteiger partial charge in [-0.2, -0.15) is 0 Å². The molecule has 0 radical (unpaired) electrons. The molecule has 0 aliphatic carbocycles. The summed E-state index contributed by atoms with van der Waals surface area (Å²) in [5.41, 5.74) is 0.490. The van der Waals surface area contributed by atoms with Crippen molar-refractivity contribution in [1.82, 2.24) is 0 Å². The Bertz CT molecular complexity index is 1220. The minimum absolute atomic E-state index is 0.0879. The van der Waals surface area contributed by atoms with Gasteiger partial charge in [0.25, 0.3) is 0 Å². The van der Waals surface area contributed by atoms with E-state index in [2.05, 4.69) is 6.58 Å². The molecule has 2 fully saturated rings. The van der Waals surface area contributed by atoms with Crippen LogP contribution >= 0.6 is 0 Å². The van der Waals surface area contributed by atoms with Gasteiger partial charge in [0.1, 0.15) is 29.8 Å². The molecular formula is C29H30O12. The van der Waals surface area contributed by atoms with Crippen LogP contribution in [0.1, 0.15) is 33.6 Å². The molecule has 0 bridgehead atoms. The number of carbonyl (C=O) groups excluding carboxylic acids is 4. The Balaban J connectivity index is 1.18. The summed E-state index contributed by atoms with van der Waals surface area (Å²) in [4.78, 5) is 47.9. The van der Waals surface area contributed by atoms with E-state index in [0.717, 1.165) is 6.08 Å². The van der Waals surface area contributed by atoms with Crippen LogP contribution in [0.5, 0.6) is 11.5 Å². The van der Waals surface area contributed by atoms with Gasteiger partial charge in [0.2, 0.25) is 0 Å². The molecule has 2 aromatic carbocycles. The Morgan fingerprint density at radius 1 is 0.780 bits per heavy atom. The smallest absolute Gasteiger partial charge is 0.463 e. The summed E-state index contributed by atoms with van der Waals surface area (Å²) in [5.74, 6) is -1.31. The number of carbonyl (C=O) groups is 4. The van der Waals surface area contributed by atoms with E-state index in [-0.39, 0.29) is 60.8 Å². The van der Waals surface area contributed by atoms with Crippen molar-refractivity contribution in [2.45, 2.75) is 37.3 Å². The predicted molar refractivity (Wildman–Crippen MR) is 140 cm³/mol. The van der Waals surface area contributed by atoms with E-state index in [1.807, 2.05) is 0 Å². The molecule has 4 rings (SSSR count). The fourth-order valence-electron chi connectivity index (χ4n) is 4.14. The first-order chi connectivity index (χ1) is 19.9. The molecule has 2 unspecified atom stereocenters. The Labute approximate surface area is 236 Å². The van der Waals surface area contributed by atoms with E-state index in [1.165, 1.54) is 48.5 Å². The van der Waals surface area contributed by atoms with Gasteiger partial charge in [0.15, 0.2) is 6.10 Å². The Kier molecular flexibility index (Phi) is 10.4. The monoisotopic (exact) mass is 570 g/mol. The number of hydrogen-bond donors (Lipinski definition) is 0. The van der Waals surface area contributed by atoms with Crippen LogP contribution in [0.25, 0.3) is 0 Å². The van der Waals surface area contributed by atoms with E-state index < -0.39 is 30.2 Å². The number of benzene rings is 2. The van der Waals surface area contributed by atoms with Gasteiger partial charge < -0.3 is 37.9 Å². The van der Waals surface area contributed by atoms with Crippen molar-refractivity contribution in [3.05, 3.63) is 72.3 Å². The van der Waals surface area contributed by atoms with Crippen molar-refractivity contribution in [2.24, 2.45) is 0 Å². The third-order valence-corrected chi connectivity index (χ3v) is 6.29. The summed E-state index contributed by atoms with van der Waals surface area (Å²) in [6.45, 7) is 4.17. The highest BCUT2D eigenvalue weighted by Gasteiger charge is 2.49. The van der Waals surface area contributed by atoms with Gasteiger partial charge in [-0.05, 0) is 61.4 Å². The van der Waals surface area contributed by atoms with E-state index in [1.54, 1.807) is 7.11 Å². The van der Waals surface area contributed by atoms with Crippen LogP contribution in [-0.4, -0.2) is 82.0 Å². The number of fused-ring (bicyclic) bond motifs is 1. The first-order valence-corrected chi connectivity index (χ1v) is 12.9. The maximum absolute atomic E-state index is 12.6. The first-order valence-electron chi connectivity index (χ1n) is 12.9. The standard InChI is InChI=1S/C29H30O12/c1-3-24(30)35-14-4-5-15-36-29(33)40-21-12-8-18(9-13-21)27(31)39-20-10-6-19(7-11-20)28(32)41-23-17-38-25-22(34-2)16-37-26(23)25/h3,6-13,22-23,25-26H,1,4-5,14-17H2,2H3/t22-,23-,25?,26?/m0/s1. The van der Waals surface area contributed by atoms with Crippen LogP contribution < -0.4 is 9.47 Å². The summed E-state index contributed by atoms with van der Waals surface area (Å²) in [6, 6.07) is 11.6. The minimum atomic E-state index is -0.905. The van der Waals surface area contributed by atoms with Crippen LogP contribution in [0, 0.1) is 0 Å². The zero-order valence-electron chi connectivity index (χ0n) is 22.4. The Hall–Kier alpha value is -4.26. The molecule has 2 heterocycles. The van der Waals surface area contributed by atoms with Gasteiger partial charge in [0, 0.05) is 13.2 Å². The highest BCUT2D eigenvalue weighted by molar-refractivity contribution is 5.92. The van der Waals surface area contributed by atoms with Gasteiger partial charge in [-0.1, -0.05) is 6.58 Å². The summed E-state index contributed by atoms with van der Waals surface area (Å²) in [6.07, 6.45) is -0.225. The maximum atomic E-state index is 12.6. The van der Waals surface area contributed by atoms with Gasteiger partial charge >= 0.3 is 24.1 Å². The zero-order valence-corrected chi connectivity index (χ0v) is 22.4. The molecule has 41 heavy (non-hydrogen) atoms. The highest BCUT2D eigenvalue weighted by atomic mass is 16.7. The predicted octanol–water partition coefficient (Wildman–Crippen LogP) is 3.27. The van der Waals surface area contributed by atoms with E-state index in [0.29, 0.717) is 19.4 Å². The first kappa shape index (κ1) is 29.7. The fourth-order valence-corrected chi connectivity index (χ4v) is 4.14. The van der Waals surface area contributed by atoms with Gasteiger partial charge in [-0.25, -0.2) is 19.2 Å². The average Bonchev–Trinajstić information content (AvgIpc) is 3.58. The molecule has 2 aliphatic heterocycles. The summed E-state index contributed by atoms with van der Waals surface area (Å²) in [7, 11) is 1.58. The zero-order chi connectivity index (χ0) is 29.2. The highest BCUT2D eigenvalue weighted by Crippen LogP contribution is 2.30. The molecule has 4 atom stereocenters. The lowest BCUT2D eigenvalue weighted by atomic mass is 10.1. The van der Waals surface area contributed by atoms with Crippen LogP contribution in [0.2, 0.25) is 0 Å². The summed E-state index contributed by atoms with van der Waals surface area (Å²) >= 11 is 0. The second-order valence-electron chi connectivity index (χ2n) is 9.03. The summed E-state index contributed by atoms with van der Waals surface area (Å²) < 4.78 is 42.4. The Morgan fingerprint density at radius 2 is 1.32 bits per heavy atom. The molecule has 12 nitrogen and oxygen atoms in total. The quantitative estimate of drug-likeness (QED) is 0.0923.